The van der Waals surface area contributed by atoms with E-state index in [1.165, 1.54) is 4.88 Å². The Kier molecular flexibility index (Phi) is 4.95. The van der Waals surface area contributed by atoms with Gasteiger partial charge in [0.05, 0.1) is 24.3 Å². The van der Waals surface area contributed by atoms with Crippen LogP contribution in [0.3, 0.4) is 0 Å². The number of rotatable bonds is 6. The fourth-order valence-corrected chi connectivity index (χ4v) is 3.06. The van der Waals surface area contributed by atoms with Crippen LogP contribution in [-0.4, -0.2) is 43.0 Å². The third kappa shape index (κ3) is 3.83. The van der Waals surface area contributed by atoms with Gasteiger partial charge >= 0.3 is 0 Å². The van der Waals surface area contributed by atoms with Crippen LogP contribution in [0.5, 0.6) is 0 Å². The van der Waals surface area contributed by atoms with Crippen molar-refractivity contribution in [2.24, 2.45) is 0 Å². The Hall–Kier alpha value is -2.61. The third-order valence-electron chi connectivity index (χ3n) is 3.62. The summed E-state index contributed by atoms with van der Waals surface area (Å²) >= 11 is 1.63. The SMILES string of the molecule is Cc1ncsc1CCn1nnc(CN(C)C(=O)c2ccccc2)n1. The van der Waals surface area contributed by atoms with Gasteiger partial charge in [-0.2, -0.15) is 4.80 Å². The number of thiazole rings is 1. The molecule has 0 spiro atoms. The van der Waals surface area contributed by atoms with Crippen molar-refractivity contribution in [2.45, 2.75) is 26.4 Å². The van der Waals surface area contributed by atoms with Gasteiger partial charge in [0.25, 0.3) is 5.91 Å². The molecule has 0 saturated carbocycles. The van der Waals surface area contributed by atoms with Gasteiger partial charge in [-0.15, -0.1) is 21.5 Å². The first-order valence-corrected chi connectivity index (χ1v) is 8.47. The van der Waals surface area contributed by atoms with E-state index in [0.29, 0.717) is 24.5 Å². The molecule has 0 radical (unpaired) electrons. The lowest BCUT2D eigenvalue weighted by Gasteiger charge is -2.14. The first kappa shape index (κ1) is 16.3. The summed E-state index contributed by atoms with van der Waals surface area (Å²) in [6.07, 6.45) is 0.824. The minimum atomic E-state index is -0.0627. The number of aromatic nitrogens is 5. The van der Waals surface area contributed by atoms with Crippen molar-refractivity contribution in [3.8, 4) is 0 Å². The zero-order valence-corrected chi connectivity index (χ0v) is 14.4. The highest BCUT2D eigenvalue weighted by molar-refractivity contribution is 7.09. The van der Waals surface area contributed by atoms with Gasteiger partial charge in [-0.05, 0) is 24.3 Å². The Morgan fingerprint density at radius 1 is 1.29 bits per heavy atom. The smallest absolute Gasteiger partial charge is 0.254 e. The molecule has 3 aromatic rings. The first-order chi connectivity index (χ1) is 11.6. The van der Waals surface area contributed by atoms with E-state index in [-0.39, 0.29) is 5.91 Å². The summed E-state index contributed by atoms with van der Waals surface area (Å²) in [7, 11) is 1.73. The Balaban J connectivity index is 1.57. The number of carbonyl (C=O) groups excluding carboxylic acids is 1. The summed E-state index contributed by atoms with van der Waals surface area (Å²) in [5.74, 6) is 0.468. The molecule has 0 aliphatic carbocycles. The van der Waals surface area contributed by atoms with Gasteiger partial charge in [-0.25, -0.2) is 4.98 Å². The molecule has 0 atom stereocenters. The monoisotopic (exact) mass is 342 g/mol. The molecule has 0 aliphatic rings. The zero-order chi connectivity index (χ0) is 16.9. The van der Waals surface area contributed by atoms with Crippen molar-refractivity contribution in [3.63, 3.8) is 0 Å². The topological polar surface area (TPSA) is 76.8 Å². The van der Waals surface area contributed by atoms with Gasteiger partial charge < -0.3 is 4.90 Å². The molecule has 0 aliphatic heterocycles. The summed E-state index contributed by atoms with van der Waals surface area (Å²) in [5.41, 5.74) is 3.54. The van der Waals surface area contributed by atoms with Crippen molar-refractivity contribution in [1.82, 2.24) is 30.1 Å². The second kappa shape index (κ2) is 7.31. The number of aryl methyl sites for hydroxylation is 3. The van der Waals surface area contributed by atoms with Crippen molar-refractivity contribution in [1.29, 1.82) is 0 Å². The molecule has 0 N–H and O–H groups in total. The molecule has 0 unspecified atom stereocenters. The van der Waals surface area contributed by atoms with Crippen LogP contribution in [0.25, 0.3) is 0 Å². The molecule has 8 heteroatoms. The molecule has 7 nitrogen and oxygen atoms in total. The molecular weight excluding hydrogens is 324 g/mol. The fourth-order valence-electron chi connectivity index (χ4n) is 2.29. The maximum Gasteiger partial charge on any atom is 0.254 e. The molecule has 0 saturated heterocycles. The first-order valence-electron chi connectivity index (χ1n) is 7.59. The minimum Gasteiger partial charge on any atom is -0.334 e. The van der Waals surface area contributed by atoms with Crippen molar-refractivity contribution >= 4 is 17.2 Å². The number of tetrazole rings is 1. The Morgan fingerprint density at radius 3 is 2.79 bits per heavy atom. The summed E-state index contributed by atoms with van der Waals surface area (Å²) in [6.45, 7) is 2.97. The lowest BCUT2D eigenvalue weighted by Crippen LogP contribution is -2.26. The van der Waals surface area contributed by atoms with Crippen LogP contribution in [0, 0.1) is 6.92 Å². The molecule has 124 valence electrons. The number of nitrogens with zero attached hydrogens (tertiary/aromatic N) is 6. The molecule has 2 heterocycles. The Morgan fingerprint density at radius 2 is 2.08 bits per heavy atom. The molecular formula is C16H18N6OS. The van der Waals surface area contributed by atoms with E-state index in [1.807, 2.05) is 30.6 Å². The van der Waals surface area contributed by atoms with Crippen LogP contribution in [0.4, 0.5) is 0 Å². The van der Waals surface area contributed by atoms with Gasteiger partial charge in [-0.1, -0.05) is 18.2 Å². The van der Waals surface area contributed by atoms with Gasteiger partial charge in [0, 0.05) is 23.9 Å². The highest BCUT2D eigenvalue weighted by atomic mass is 32.1. The molecule has 0 bridgehead atoms. The number of hydrogen-bond acceptors (Lipinski definition) is 6. The predicted molar refractivity (Wildman–Crippen MR) is 90.6 cm³/mol. The maximum atomic E-state index is 12.3. The maximum absolute atomic E-state index is 12.3. The van der Waals surface area contributed by atoms with Crippen molar-refractivity contribution in [2.75, 3.05) is 7.05 Å². The molecule has 3 rings (SSSR count). The van der Waals surface area contributed by atoms with E-state index in [2.05, 4.69) is 20.4 Å². The average molecular weight is 342 g/mol. The summed E-state index contributed by atoms with van der Waals surface area (Å²) in [4.78, 5) is 20.9. The normalized spacial score (nSPS) is 10.8. The van der Waals surface area contributed by atoms with E-state index >= 15 is 0 Å². The van der Waals surface area contributed by atoms with Gasteiger partial charge in [0.1, 0.15) is 0 Å². The molecule has 1 aromatic carbocycles. The lowest BCUT2D eigenvalue weighted by molar-refractivity contribution is 0.0781. The van der Waals surface area contributed by atoms with Crippen LogP contribution in [0.1, 0.15) is 26.8 Å². The quantitative estimate of drug-likeness (QED) is 0.684. The van der Waals surface area contributed by atoms with Crippen LogP contribution in [0.15, 0.2) is 35.8 Å². The zero-order valence-electron chi connectivity index (χ0n) is 13.6. The fraction of sp³-hybridized carbons (Fsp3) is 0.312. The van der Waals surface area contributed by atoms with E-state index in [9.17, 15) is 4.79 Å². The lowest BCUT2D eigenvalue weighted by atomic mass is 10.2. The second-order valence-electron chi connectivity index (χ2n) is 5.44. The largest absolute Gasteiger partial charge is 0.334 e. The van der Waals surface area contributed by atoms with E-state index in [1.54, 1.807) is 40.2 Å². The van der Waals surface area contributed by atoms with E-state index in [0.717, 1.165) is 12.1 Å². The standard InChI is InChI=1S/C16H18N6OS/c1-12-14(24-11-17-12)8-9-22-19-15(18-20-22)10-21(2)16(23)13-6-4-3-5-7-13/h3-7,11H,8-10H2,1-2H3. The minimum absolute atomic E-state index is 0.0627. The van der Waals surface area contributed by atoms with E-state index in [4.69, 9.17) is 0 Å². The third-order valence-corrected chi connectivity index (χ3v) is 4.62. The van der Waals surface area contributed by atoms with Gasteiger partial charge in [0.2, 0.25) is 0 Å². The van der Waals surface area contributed by atoms with Crippen LogP contribution >= 0.6 is 11.3 Å². The highest BCUT2D eigenvalue weighted by Crippen LogP contribution is 2.13. The molecule has 1 amide bonds. The van der Waals surface area contributed by atoms with Gasteiger partial charge in [-0.3, -0.25) is 4.79 Å². The number of carbonyl (C=O) groups is 1. The summed E-state index contributed by atoms with van der Waals surface area (Å²) < 4.78 is 0. The molecule has 0 fully saturated rings. The Labute approximate surface area is 144 Å². The number of hydrogen-bond donors (Lipinski definition) is 0. The number of benzene rings is 1. The average Bonchev–Trinajstić information content (AvgIpc) is 3.21. The van der Waals surface area contributed by atoms with E-state index < -0.39 is 0 Å². The molecule has 2 aromatic heterocycles. The second-order valence-corrected chi connectivity index (χ2v) is 6.38. The van der Waals surface area contributed by atoms with Crippen LogP contribution < -0.4 is 0 Å². The number of amides is 1. The molecule has 24 heavy (non-hydrogen) atoms. The van der Waals surface area contributed by atoms with Crippen molar-refractivity contribution in [3.05, 3.63) is 57.8 Å². The van der Waals surface area contributed by atoms with Crippen molar-refractivity contribution < 1.29 is 4.79 Å². The summed E-state index contributed by atoms with van der Waals surface area (Å²) in [5, 5.41) is 12.4. The van der Waals surface area contributed by atoms with Gasteiger partial charge in [0.15, 0.2) is 5.82 Å². The highest BCUT2D eigenvalue weighted by Gasteiger charge is 2.14. The van der Waals surface area contributed by atoms with Crippen LogP contribution in [-0.2, 0) is 19.5 Å². The predicted octanol–water partition coefficient (Wildman–Crippen LogP) is 1.95. The van der Waals surface area contributed by atoms with Crippen LogP contribution in [0.2, 0.25) is 0 Å². The summed E-state index contributed by atoms with van der Waals surface area (Å²) in [6, 6.07) is 9.16. The Bertz CT molecular complexity index is 813.